The van der Waals surface area contributed by atoms with Gasteiger partial charge in [-0.2, -0.15) is 0 Å². The highest BCUT2D eigenvalue weighted by Gasteiger charge is 2.15. The monoisotopic (exact) mass is 288 g/mol. The highest BCUT2D eigenvalue weighted by atomic mass is 16.4. The zero-order valence-corrected chi connectivity index (χ0v) is 12.3. The fraction of sp³-hybridized carbons (Fsp3) is 0.333. The number of rotatable bonds is 6. The Morgan fingerprint density at radius 3 is 2.95 bits per heavy atom. The van der Waals surface area contributed by atoms with E-state index in [0.29, 0.717) is 6.54 Å². The first kappa shape index (κ1) is 15.2. The highest BCUT2D eigenvalue weighted by Crippen LogP contribution is 2.16. The summed E-state index contributed by atoms with van der Waals surface area (Å²) in [6, 6.07) is 7.76. The van der Waals surface area contributed by atoms with Crippen LogP contribution in [0.2, 0.25) is 0 Å². The van der Waals surface area contributed by atoms with Crippen LogP contribution in [-0.2, 0) is 13.0 Å². The molecule has 0 aromatic carbocycles. The van der Waals surface area contributed by atoms with Gasteiger partial charge in [0.15, 0.2) is 5.76 Å². The van der Waals surface area contributed by atoms with Crippen molar-refractivity contribution in [3.63, 3.8) is 0 Å². The number of hydrogen-bond acceptors (Lipinski definition) is 5. The van der Waals surface area contributed by atoms with E-state index in [2.05, 4.69) is 15.3 Å². The fourth-order valence-electron chi connectivity index (χ4n) is 2.11. The van der Waals surface area contributed by atoms with Crippen molar-refractivity contribution < 1.29 is 9.21 Å². The van der Waals surface area contributed by atoms with Gasteiger partial charge in [-0.1, -0.05) is 6.07 Å². The predicted molar refractivity (Wildman–Crippen MR) is 79.4 cm³/mol. The summed E-state index contributed by atoms with van der Waals surface area (Å²) in [6.45, 7) is 3.31. The van der Waals surface area contributed by atoms with Crippen LogP contribution in [0, 0.1) is 6.92 Å². The number of hydrogen-bond donors (Lipinski definition) is 2. The lowest BCUT2D eigenvalue weighted by atomic mass is 10.2. The minimum Gasteiger partial charge on any atom is -0.454 e. The lowest BCUT2D eigenvalue weighted by molar-refractivity contribution is 0.0921. The highest BCUT2D eigenvalue weighted by molar-refractivity contribution is 5.92. The molecule has 6 nitrogen and oxygen atoms in total. The minimum atomic E-state index is -0.408. The standard InChI is InChI=1S/C15H20N4O2/c1-11-9-13(21-14(11)15(20)18-16)10-19(2)8-6-12-5-3-4-7-17-12/h3-5,7,9H,6,8,10,16H2,1-2H3,(H,18,20). The van der Waals surface area contributed by atoms with Crippen molar-refractivity contribution in [1.29, 1.82) is 0 Å². The topological polar surface area (TPSA) is 84.4 Å². The van der Waals surface area contributed by atoms with Gasteiger partial charge in [0.2, 0.25) is 0 Å². The molecule has 0 bridgehead atoms. The molecule has 0 aliphatic heterocycles. The number of nitrogen functional groups attached to an aromatic ring is 1. The summed E-state index contributed by atoms with van der Waals surface area (Å²) in [7, 11) is 2.00. The Hall–Kier alpha value is -2.18. The molecule has 0 radical (unpaired) electrons. The van der Waals surface area contributed by atoms with Gasteiger partial charge in [0, 0.05) is 30.4 Å². The third-order valence-corrected chi connectivity index (χ3v) is 3.21. The predicted octanol–water partition coefficient (Wildman–Crippen LogP) is 1.26. The Morgan fingerprint density at radius 2 is 2.29 bits per heavy atom. The molecule has 2 aromatic rings. The number of likely N-dealkylation sites (N-methyl/N-ethyl adjacent to an activating group) is 1. The van der Waals surface area contributed by atoms with Gasteiger partial charge in [0.1, 0.15) is 5.76 Å². The molecule has 0 aliphatic carbocycles. The lowest BCUT2D eigenvalue weighted by Crippen LogP contribution is -2.30. The number of aromatic nitrogens is 1. The van der Waals surface area contributed by atoms with Crippen LogP contribution in [0.5, 0.6) is 0 Å². The molecule has 6 heteroatoms. The van der Waals surface area contributed by atoms with Crippen LogP contribution < -0.4 is 11.3 Å². The molecular formula is C15H20N4O2. The molecule has 0 atom stereocenters. The molecule has 0 unspecified atom stereocenters. The van der Waals surface area contributed by atoms with E-state index < -0.39 is 5.91 Å². The Labute approximate surface area is 123 Å². The van der Waals surface area contributed by atoms with Gasteiger partial charge in [0.25, 0.3) is 0 Å². The third-order valence-electron chi connectivity index (χ3n) is 3.21. The van der Waals surface area contributed by atoms with Crippen LogP contribution in [0.4, 0.5) is 0 Å². The second-order valence-electron chi connectivity index (χ2n) is 5.01. The molecule has 21 heavy (non-hydrogen) atoms. The molecular weight excluding hydrogens is 268 g/mol. The Morgan fingerprint density at radius 1 is 1.48 bits per heavy atom. The molecule has 2 heterocycles. The van der Waals surface area contributed by atoms with Crippen molar-refractivity contribution in [2.45, 2.75) is 19.9 Å². The number of hydrazine groups is 1. The summed E-state index contributed by atoms with van der Waals surface area (Å²) < 4.78 is 5.54. The van der Waals surface area contributed by atoms with Gasteiger partial charge < -0.3 is 4.42 Å². The Balaban J connectivity index is 1.91. The lowest BCUT2D eigenvalue weighted by Gasteiger charge is -2.14. The molecule has 112 valence electrons. The Bertz CT molecular complexity index is 595. The molecule has 0 saturated heterocycles. The third kappa shape index (κ3) is 4.14. The summed E-state index contributed by atoms with van der Waals surface area (Å²) in [5, 5.41) is 0. The van der Waals surface area contributed by atoms with Crippen molar-refractivity contribution in [3.8, 4) is 0 Å². The van der Waals surface area contributed by atoms with E-state index in [9.17, 15) is 4.79 Å². The van der Waals surface area contributed by atoms with E-state index in [1.165, 1.54) is 0 Å². The van der Waals surface area contributed by atoms with Crippen LogP contribution in [-0.4, -0.2) is 29.4 Å². The van der Waals surface area contributed by atoms with Gasteiger partial charge in [0.05, 0.1) is 6.54 Å². The molecule has 2 aromatic heterocycles. The van der Waals surface area contributed by atoms with Crippen LogP contribution in [0.25, 0.3) is 0 Å². The van der Waals surface area contributed by atoms with Crippen LogP contribution >= 0.6 is 0 Å². The fourth-order valence-corrected chi connectivity index (χ4v) is 2.11. The summed E-state index contributed by atoms with van der Waals surface area (Å²) in [5.74, 6) is 5.73. The molecule has 0 spiro atoms. The first-order valence-corrected chi connectivity index (χ1v) is 6.79. The normalized spacial score (nSPS) is 10.9. The van der Waals surface area contributed by atoms with E-state index in [1.807, 2.05) is 38.2 Å². The summed E-state index contributed by atoms with van der Waals surface area (Å²) in [4.78, 5) is 17.9. The maximum Gasteiger partial charge on any atom is 0.301 e. The van der Waals surface area contributed by atoms with Crippen molar-refractivity contribution in [1.82, 2.24) is 15.3 Å². The van der Waals surface area contributed by atoms with Gasteiger partial charge in [-0.25, -0.2) is 5.84 Å². The van der Waals surface area contributed by atoms with Crippen molar-refractivity contribution in [3.05, 3.63) is 53.2 Å². The van der Waals surface area contributed by atoms with E-state index in [4.69, 9.17) is 10.3 Å². The number of nitrogens with one attached hydrogen (secondary N) is 1. The summed E-state index contributed by atoms with van der Waals surface area (Å²) in [5.41, 5.74) is 3.92. The first-order chi connectivity index (χ1) is 10.1. The molecule has 2 rings (SSSR count). The molecule has 3 N–H and O–H groups in total. The molecule has 1 amide bonds. The minimum absolute atomic E-state index is 0.269. The van der Waals surface area contributed by atoms with Gasteiger partial charge in [-0.15, -0.1) is 0 Å². The molecule has 0 fully saturated rings. The average Bonchev–Trinajstić information content (AvgIpc) is 2.86. The Kier molecular flexibility index (Phi) is 5.08. The number of furan rings is 1. The molecule has 0 saturated carbocycles. The molecule has 0 aliphatic rings. The van der Waals surface area contributed by atoms with Crippen molar-refractivity contribution in [2.24, 2.45) is 5.84 Å². The van der Waals surface area contributed by atoms with Gasteiger partial charge in [-0.3, -0.25) is 20.1 Å². The number of pyridine rings is 1. The zero-order valence-electron chi connectivity index (χ0n) is 12.3. The first-order valence-electron chi connectivity index (χ1n) is 6.79. The van der Waals surface area contributed by atoms with E-state index >= 15 is 0 Å². The van der Waals surface area contributed by atoms with Crippen LogP contribution in [0.15, 0.2) is 34.9 Å². The maximum atomic E-state index is 11.5. The summed E-state index contributed by atoms with van der Waals surface area (Å²) in [6.07, 6.45) is 2.66. The van der Waals surface area contributed by atoms with Crippen molar-refractivity contribution >= 4 is 5.91 Å². The van der Waals surface area contributed by atoms with Crippen molar-refractivity contribution in [2.75, 3.05) is 13.6 Å². The number of aryl methyl sites for hydroxylation is 1. The van der Waals surface area contributed by atoms with Crippen LogP contribution in [0.3, 0.4) is 0 Å². The number of nitrogens with zero attached hydrogens (tertiary/aromatic N) is 2. The SMILES string of the molecule is Cc1cc(CN(C)CCc2ccccn2)oc1C(=O)NN. The second-order valence-corrected chi connectivity index (χ2v) is 5.01. The zero-order chi connectivity index (χ0) is 15.2. The number of amides is 1. The van der Waals surface area contributed by atoms with E-state index in [1.54, 1.807) is 6.20 Å². The smallest absolute Gasteiger partial charge is 0.301 e. The number of carbonyl (C=O) groups excluding carboxylic acids is 1. The van der Waals surface area contributed by atoms with Gasteiger partial charge in [-0.05, 0) is 32.2 Å². The summed E-state index contributed by atoms with van der Waals surface area (Å²) >= 11 is 0. The van der Waals surface area contributed by atoms with E-state index in [0.717, 1.165) is 30.0 Å². The largest absolute Gasteiger partial charge is 0.454 e. The quantitative estimate of drug-likeness (QED) is 0.475. The van der Waals surface area contributed by atoms with Gasteiger partial charge >= 0.3 is 5.91 Å². The number of nitrogens with two attached hydrogens (primary N) is 1. The van der Waals surface area contributed by atoms with Crippen LogP contribution in [0.1, 0.15) is 27.6 Å². The maximum absolute atomic E-state index is 11.5. The number of carbonyl (C=O) groups is 1. The average molecular weight is 288 g/mol. The second kappa shape index (κ2) is 7.01. The van der Waals surface area contributed by atoms with E-state index in [-0.39, 0.29) is 5.76 Å².